The summed E-state index contributed by atoms with van der Waals surface area (Å²) in [6, 6.07) is -0.311. The SMILES string of the molecule is O=C(O)CCCC(=O)N(CC(F)(F)F)C1CC1. The zero-order valence-electron chi connectivity index (χ0n) is 9.16. The summed E-state index contributed by atoms with van der Waals surface area (Å²) in [5.74, 6) is -1.65. The van der Waals surface area contributed by atoms with Gasteiger partial charge in [-0.05, 0) is 19.3 Å². The lowest BCUT2D eigenvalue weighted by atomic mass is 10.2. The average molecular weight is 253 g/mol. The topological polar surface area (TPSA) is 57.6 Å². The van der Waals surface area contributed by atoms with Gasteiger partial charge in [0.05, 0.1) is 0 Å². The maximum absolute atomic E-state index is 12.2. The lowest BCUT2D eigenvalue weighted by Crippen LogP contribution is -2.40. The van der Waals surface area contributed by atoms with Crippen molar-refractivity contribution in [2.45, 2.75) is 44.3 Å². The van der Waals surface area contributed by atoms with Crippen molar-refractivity contribution in [3.05, 3.63) is 0 Å². The van der Waals surface area contributed by atoms with Gasteiger partial charge in [0.1, 0.15) is 6.54 Å². The van der Waals surface area contributed by atoms with E-state index in [1.54, 1.807) is 0 Å². The highest BCUT2D eigenvalue weighted by Crippen LogP contribution is 2.30. The average Bonchev–Trinajstić information content (AvgIpc) is 2.95. The molecule has 1 fully saturated rings. The van der Waals surface area contributed by atoms with Crippen LogP contribution in [0.5, 0.6) is 0 Å². The molecule has 0 radical (unpaired) electrons. The summed E-state index contributed by atoms with van der Waals surface area (Å²) >= 11 is 0. The van der Waals surface area contributed by atoms with E-state index in [1.807, 2.05) is 0 Å². The van der Waals surface area contributed by atoms with Crippen molar-refractivity contribution in [1.29, 1.82) is 0 Å². The summed E-state index contributed by atoms with van der Waals surface area (Å²) < 4.78 is 36.6. The molecule has 0 aromatic heterocycles. The van der Waals surface area contributed by atoms with E-state index in [0.29, 0.717) is 12.8 Å². The highest BCUT2D eigenvalue weighted by molar-refractivity contribution is 5.77. The number of alkyl halides is 3. The van der Waals surface area contributed by atoms with Gasteiger partial charge in [-0.1, -0.05) is 0 Å². The van der Waals surface area contributed by atoms with Gasteiger partial charge in [0.15, 0.2) is 0 Å². The second kappa shape index (κ2) is 5.37. The maximum atomic E-state index is 12.2. The molecule has 4 nitrogen and oxygen atoms in total. The van der Waals surface area contributed by atoms with E-state index in [0.717, 1.165) is 4.90 Å². The van der Waals surface area contributed by atoms with Crippen LogP contribution in [0.15, 0.2) is 0 Å². The highest BCUT2D eigenvalue weighted by Gasteiger charge is 2.40. The van der Waals surface area contributed by atoms with Crippen LogP contribution < -0.4 is 0 Å². The number of hydrogen-bond acceptors (Lipinski definition) is 2. The number of carbonyl (C=O) groups is 2. The van der Waals surface area contributed by atoms with Crippen molar-refractivity contribution in [3.63, 3.8) is 0 Å². The first kappa shape index (κ1) is 13.8. The smallest absolute Gasteiger partial charge is 0.406 e. The fourth-order valence-corrected chi connectivity index (χ4v) is 1.53. The Morgan fingerprint density at radius 2 is 1.82 bits per heavy atom. The van der Waals surface area contributed by atoms with Gasteiger partial charge >= 0.3 is 12.1 Å². The van der Waals surface area contributed by atoms with Gasteiger partial charge in [-0.2, -0.15) is 13.2 Å². The molecule has 7 heteroatoms. The standard InChI is InChI=1S/C10H14F3NO3/c11-10(12,13)6-14(7-4-5-7)8(15)2-1-3-9(16)17/h7H,1-6H2,(H,16,17). The Balaban J connectivity index is 2.41. The monoisotopic (exact) mass is 253 g/mol. The number of hydrogen-bond donors (Lipinski definition) is 1. The Labute approximate surface area is 96.4 Å². The molecule has 1 amide bonds. The molecule has 0 unspecified atom stereocenters. The fraction of sp³-hybridized carbons (Fsp3) is 0.800. The minimum absolute atomic E-state index is 0.0786. The molecule has 1 saturated carbocycles. The molecule has 0 aromatic rings. The first-order valence-corrected chi connectivity index (χ1v) is 5.37. The molecule has 0 aromatic carbocycles. The third-order valence-electron chi connectivity index (χ3n) is 2.44. The van der Waals surface area contributed by atoms with Gasteiger partial charge in [0, 0.05) is 18.9 Å². The lowest BCUT2D eigenvalue weighted by Gasteiger charge is -2.23. The Morgan fingerprint density at radius 1 is 1.24 bits per heavy atom. The van der Waals surface area contributed by atoms with Gasteiger partial charge in [0.25, 0.3) is 0 Å². The van der Waals surface area contributed by atoms with E-state index < -0.39 is 24.6 Å². The zero-order chi connectivity index (χ0) is 13.1. The molecule has 0 heterocycles. The van der Waals surface area contributed by atoms with Crippen LogP contribution in [-0.4, -0.2) is 40.6 Å². The Morgan fingerprint density at radius 3 is 2.24 bits per heavy atom. The zero-order valence-corrected chi connectivity index (χ0v) is 9.16. The van der Waals surface area contributed by atoms with Gasteiger partial charge in [-0.15, -0.1) is 0 Å². The van der Waals surface area contributed by atoms with Gasteiger partial charge in [0.2, 0.25) is 5.91 Å². The Bertz CT molecular complexity index is 300. The highest BCUT2D eigenvalue weighted by atomic mass is 19.4. The minimum Gasteiger partial charge on any atom is -0.481 e. The normalized spacial score (nSPS) is 15.7. The van der Waals surface area contributed by atoms with Crippen LogP contribution in [0.4, 0.5) is 13.2 Å². The van der Waals surface area contributed by atoms with Crippen LogP contribution >= 0.6 is 0 Å². The molecule has 1 N–H and O–H groups in total. The first-order valence-electron chi connectivity index (χ1n) is 5.37. The third-order valence-corrected chi connectivity index (χ3v) is 2.44. The van der Waals surface area contributed by atoms with Crippen molar-refractivity contribution >= 4 is 11.9 Å². The van der Waals surface area contributed by atoms with Crippen LogP contribution in [0.1, 0.15) is 32.1 Å². The quantitative estimate of drug-likeness (QED) is 0.785. The molecule has 0 atom stereocenters. The summed E-state index contributed by atoms with van der Waals surface area (Å²) in [6.45, 7) is -1.23. The lowest BCUT2D eigenvalue weighted by molar-refractivity contribution is -0.162. The number of carboxylic acid groups (broad SMARTS) is 1. The number of carboxylic acids is 1. The summed E-state index contributed by atoms with van der Waals surface area (Å²) in [5, 5.41) is 8.37. The van der Waals surface area contributed by atoms with E-state index in [9.17, 15) is 22.8 Å². The van der Waals surface area contributed by atoms with Crippen LogP contribution in [-0.2, 0) is 9.59 Å². The molecule has 0 spiro atoms. The fourth-order valence-electron chi connectivity index (χ4n) is 1.53. The van der Waals surface area contributed by atoms with E-state index in [-0.39, 0.29) is 25.3 Å². The molecule has 1 rings (SSSR count). The van der Waals surface area contributed by atoms with Crippen molar-refractivity contribution in [2.24, 2.45) is 0 Å². The number of rotatable bonds is 6. The number of aliphatic carboxylic acids is 1. The largest absolute Gasteiger partial charge is 0.481 e. The van der Waals surface area contributed by atoms with Gasteiger partial charge in [-0.25, -0.2) is 0 Å². The molecule has 17 heavy (non-hydrogen) atoms. The van der Waals surface area contributed by atoms with Gasteiger partial charge < -0.3 is 10.0 Å². The van der Waals surface area contributed by atoms with Crippen LogP contribution in [0.3, 0.4) is 0 Å². The van der Waals surface area contributed by atoms with Gasteiger partial charge in [-0.3, -0.25) is 9.59 Å². The van der Waals surface area contributed by atoms with Crippen molar-refractivity contribution in [1.82, 2.24) is 4.90 Å². The van der Waals surface area contributed by atoms with E-state index in [4.69, 9.17) is 5.11 Å². The summed E-state index contributed by atoms with van der Waals surface area (Å²) in [7, 11) is 0. The summed E-state index contributed by atoms with van der Waals surface area (Å²) in [6.07, 6.45) is -3.46. The van der Waals surface area contributed by atoms with E-state index >= 15 is 0 Å². The molecule has 1 aliphatic rings. The van der Waals surface area contributed by atoms with Crippen LogP contribution in [0.2, 0.25) is 0 Å². The molecule has 0 bridgehead atoms. The van der Waals surface area contributed by atoms with E-state index in [2.05, 4.69) is 0 Å². The Hall–Kier alpha value is -1.27. The molecule has 98 valence electrons. The summed E-state index contributed by atoms with van der Waals surface area (Å²) in [5.41, 5.74) is 0. The van der Waals surface area contributed by atoms with Crippen LogP contribution in [0.25, 0.3) is 0 Å². The number of carbonyl (C=O) groups excluding carboxylic acids is 1. The number of halogens is 3. The molecule has 0 saturated heterocycles. The molecular weight excluding hydrogens is 239 g/mol. The van der Waals surface area contributed by atoms with Crippen LogP contribution in [0, 0.1) is 0 Å². The maximum Gasteiger partial charge on any atom is 0.406 e. The van der Waals surface area contributed by atoms with Crippen molar-refractivity contribution < 1.29 is 27.9 Å². The first-order chi connectivity index (χ1) is 7.79. The number of nitrogens with zero attached hydrogens (tertiary/aromatic N) is 1. The van der Waals surface area contributed by atoms with Crippen molar-refractivity contribution in [3.8, 4) is 0 Å². The predicted molar refractivity (Wildman–Crippen MR) is 52.3 cm³/mol. The minimum atomic E-state index is -4.40. The van der Waals surface area contributed by atoms with E-state index in [1.165, 1.54) is 0 Å². The second-order valence-corrected chi connectivity index (χ2v) is 4.12. The van der Waals surface area contributed by atoms with Crippen molar-refractivity contribution in [2.75, 3.05) is 6.54 Å². The summed E-state index contributed by atoms with van der Waals surface area (Å²) in [4.78, 5) is 22.6. The Kier molecular flexibility index (Phi) is 4.36. The third kappa shape index (κ3) is 5.55. The predicted octanol–water partition coefficient (Wildman–Crippen LogP) is 1.79. The molecule has 0 aliphatic heterocycles. The molecular formula is C10H14F3NO3. The second-order valence-electron chi connectivity index (χ2n) is 4.12. The number of amides is 1. The molecule has 1 aliphatic carbocycles.